The lowest BCUT2D eigenvalue weighted by atomic mass is 9.95. The highest BCUT2D eigenvalue weighted by Crippen LogP contribution is 2.23. The molecule has 0 spiro atoms. The van der Waals surface area contributed by atoms with E-state index in [2.05, 4.69) is 28.9 Å². The summed E-state index contributed by atoms with van der Waals surface area (Å²) in [7, 11) is 0. The smallest absolute Gasteiger partial charge is 0.233 e. The second-order valence-electron chi connectivity index (χ2n) is 6.76. The highest BCUT2D eigenvalue weighted by atomic mass is 35.5. The molecule has 1 atom stereocenters. The summed E-state index contributed by atoms with van der Waals surface area (Å²) in [4.78, 5) is 17.1. The number of halogens is 1. The molecule has 1 fully saturated rings. The van der Waals surface area contributed by atoms with Crippen LogP contribution in [0.2, 0.25) is 0 Å². The standard InChI is InChI=1S/C21H28N4O2.ClH/c1-3-16-27-20-11-10-19(22-23-20)24-12-14-25(15-13-24)21(26)18(4-2)17-8-6-5-7-9-17;/h5-11,18H,3-4,12-16H2,1-2H3;1H. The summed E-state index contributed by atoms with van der Waals surface area (Å²) in [5.74, 6) is 1.55. The maximum atomic E-state index is 13.0. The summed E-state index contributed by atoms with van der Waals surface area (Å²) >= 11 is 0. The first kappa shape index (κ1) is 22.0. The molecule has 7 heteroatoms. The van der Waals surface area contributed by atoms with Crippen LogP contribution in [0.4, 0.5) is 5.82 Å². The van der Waals surface area contributed by atoms with E-state index in [-0.39, 0.29) is 24.2 Å². The van der Waals surface area contributed by atoms with Gasteiger partial charge in [0.1, 0.15) is 0 Å². The van der Waals surface area contributed by atoms with Crippen molar-refractivity contribution in [2.75, 3.05) is 37.7 Å². The Bertz CT molecular complexity index is 719. The van der Waals surface area contributed by atoms with E-state index in [9.17, 15) is 4.79 Å². The van der Waals surface area contributed by atoms with Crippen molar-refractivity contribution in [3.05, 3.63) is 48.0 Å². The van der Waals surface area contributed by atoms with Crippen molar-refractivity contribution in [1.29, 1.82) is 0 Å². The molecule has 152 valence electrons. The zero-order valence-corrected chi connectivity index (χ0v) is 17.4. The fraction of sp³-hybridized carbons (Fsp3) is 0.476. The van der Waals surface area contributed by atoms with Crippen LogP contribution in [0, 0.1) is 0 Å². The minimum atomic E-state index is -0.0625. The first-order chi connectivity index (χ1) is 13.2. The van der Waals surface area contributed by atoms with Crippen LogP contribution < -0.4 is 9.64 Å². The van der Waals surface area contributed by atoms with Crippen LogP contribution in [0.15, 0.2) is 42.5 Å². The summed E-state index contributed by atoms with van der Waals surface area (Å²) < 4.78 is 5.48. The summed E-state index contributed by atoms with van der Waals surface area (Å²) in [6.45, 7) is 7.72. The van der Waals surface area contributed by atoms with E-state index < -0.39 is 0 Å². The number of anilines is 1. The second-order valence-corrected chi connectivity index (χ2v) is 6.76. The highest BCUT2D eigenvalue weighted by molar-refractivity contribution is 5.85. The van der Waals surface area contributed by atoms with Crippen molar-refractivity contribution in [2.24, 2.45) is 0 Å². The highest BCUT2D eigenvalue weighted by Gasteiger charge is 2.27. The monoisotopic (exact) mass is 404 g/mol. The lowest BCUT2D eigenvalue weighted by Crippen LogP contribution is -2.50. The number of rotatable bonds is 7. The number of ether oxygens (including phenoxy) is 1. The first-order valence-corrected chi connectivity index (χ1v) is 9.78. The van der Waals surface area contributed by atoms with Crippen LogP contribution in [0.5, 0.6) is 5.88 Å². The minimum absolute atomic E-state index is 0. The molecule has 6 nitrogen and oxygen atoms in total. The number of hydrogen-bond acceptors (Lipinski definition) is 5. The van der Waals surface area contributed by atoms with Crippen molar-refractivity contribution in [2.45, 2.75) is 32.6 Å². The summed E-state index contributed by atoms with van der Waals surface area (Å²) in [5.41, 5.74) is 1.10. The van der Waals surface area contributed by atoms with Gasteiger partial charge in [-0.05, 0) is 24.5 Å². The molecular weight excluding hydrogens is 376 g/mol. The summed E-state index contributed by atoms with van der Waals surface area (Å²) in [6, 6.07) is 13.9. The van der Waals surface area contributed by atoms with Gasteiger partial charge in [-0.2, -0.15) is 0 Å². The molecule has 1 aliphatic rings. The Hall–Kier alpha value is -2.34. The molecule has 0 saturated carbocycles. The third-order valence-electron chi connectivity index (χ3n) is 4.90. The van der Waals surface area contributed by atoms with E-state index in [0.29, 0.717) is 25.6 Å². The molecule has 3 rings (SSSR count). The van der Waals surface area contributed by atoms with Gasteiger partial charge in [0.25, 0.3) is 0 Å². The van der Waals surface area contributed by atoms with Crippen LogP contribution >= 0.6 is 12.4 Å². The van der Waals surface area contributed by atoms with E-state index in [1.165, 1.54) is 0 Å². The number of carbonyl (C=O) groups is 1. The maximum Gasteiger partial charge on any atom is 0.233 e. The molecule has 1 saturated heterocycles. The van der Waals surface area contributed by atoms with E-state index in [4.69, 9.17) is 4.74 Å². The van der Waals surface area contributed by atoms with Crippen LogP contribution in [0.1, 0.15) is 38.2 Å². The Labute approximate surface area is 173 Å². The predicted molar refractivity (Wildman–Crippen MR) is 113 cm³/mol. The average Bonchev–Trinajstić information content (AvgIpc) is 2.74. The molecule has 1 aliphatic heterocycles. The van der Waals surface area contributed by atoms with Gasteiger partial charge in [0.2, 0.25) is 11.8 Å². The van der Waals surface area contributed by atoms with Gasteiger partial charge in [0, 0.05) is 32.2 Å². The van der Waals surface area contributed by atoms with Crippen molar-refractivity contribution in [3.63, 3.8) is 0 Å². The quantitative estimate of drug-likeness (QED) is 0.706. The van der Waals surface area contributed by atoms with Crippen molar-refractivity contribution in [1.82, 2.24) is 15.1 Å². The predicted octanol–water partition coefficient (Wildman–Crippen LogP) is 3.53. The van der Waals surface area contributed by atoms with Gasteiger partial charge in [-0.15, -0.1) is 22.6 Å². The largest absolute Gasteiger partial charge is 0.477 e. The Morgan fingerprint density at radius 1 is 1.04 bits per heavy atom. The molecule has 0 aliphatic carbocycles. The Kier molecular flexibility index (Phi) is 8.51. The molecule has 2 heterocycles. The zero-order valence-electron chi connectivity index (χ0n) is 16.6. The van der Waals surface area contributed by atoms with Crippen LogP contribution in [0.25, 0.3) is 0 Å². The van der Waals surface area contributed by atoms with Gasteiger partial charge in [0.15, 0.2) is 5.82 Å². The molecule has 0 bridgehead atoms. The van der Waals surface area contributed by atoms with E-state index in [0.717, 1.165) is 37.3 Å². The van der Waals surface area contributed by atoms with Gasteiger partial charge in [0.05, 0.1) is 12.5 Å². The first-order valence-electron chi connectivity index (χ1n) is 9.78. The number of aromatic nitrogens is 2. The van der Waals surface area contributed by atoms with Gasteiger partial charge < -0.3 is 14.5 Å². The van der Waals surface area contributed by atoms with Gasteiger partial charge in [-0.3, -0.25) is 4.79 Å². The molecular formula is C21H29ClN4O2. The lowest BCUT2D eigenvalue weighted by molar-refractivity contribution is -0.133. The fourth-order valence-electron chi connectivity index (χ4n) is 3.38. The number of hydrogen-bond donors (Lipinski definition) is 0. The number of benzene rings is 1. The minimum Gasteiger partial charge on any atom is -0.477 e. The topological polar surface area (TPSA) is 58.6 Å². The molecule has 1 amide bonds. The van der Waals surface area contributed by atoms with Crippen LogP contribution in [0.3, 0.4) is 0 Å². The molecule has 1 aromatic heterocycles. The van der Waals surface area contributed by atoms with E-state index in [1.807, 2.05) is 47.4 Å². The number of nitrogens with zero attached hydrogens (tertiary/aromatic N) is 4. The number of piperazine rings is 1. The summed E-state index contributed by atoms with van der Waals surface area (Å²) in [5, 5.41) is 8.40. The maximum absolute atomic E-state index is 13.0. The Morgan fingerprint density at radius 3 is 2.32 bits per heavy atom. The average molecular weight is 405 g/mol. The Morgan fingerprint density at radius 2 is 1.75 bits per heavy atom. The lowest BCUT2D eigenvalue weighted by Gasteiger charge is -2.36. The second kappa shape index (κ2) is 10.9. The van der Waals surface area contributed by atoms with Crippen molar-refractivity contribution >= 4 is 24.1 Å². The fourth-order valence-corrected chi connectivity index (χ4v) is 3.38. The molecule has 0 N–H and O–H groups in total. The summed E-state index contributed by atoms with van der Waals surface area (Å²) in [6.07, 6.45) is 1.76. The van der Waals surface area contributed by atoms with Crippen molar-refractivity contribution in [3.8, 4) is 5.88 Å². The van der Waals surface area contributed by atoms with Gasteiger partial charge >= 0.3 is 0 Å². The van der Waals surface area contributed by atoms with E-state index >= 15 is 0 Å². The van der Waals surface area contributed by atoms with Crippen LogP contribution in [-0.2, 0) is 4.79 Å². The zero-order chi connectivity index (χ0) is 19.1. The van der Waals surface area contributed by atoms with Crippen LogP contribution in [-0.4, -0.2) is 53.8 Å². The third kappa shape index (κ3) is 5.35. The molecule has 2 aromatic rings. The van der Waals surface area contributed by atoms with Gasteiger partial charge in [-0.1, -0.05) is 44.2 Å². The van der Waals surface area contributed by atoms with Crippen molar-refractivity contribution < 1.29 is 9.53 Å². The van der Waals surface area contributed by atoms with Gasteiger partial charge in [-0.25, -0.2) is 0 Å². The molecule has 28 heavy (non-hydrogen) atoms. The number of amides is 1. The third-order valence-corrected chi connectivity index (χ3v) is 4.90. The number of carbonyl (C=O) groups excluding carboxylic acids is 1. The molecule has 0 radical (unpaired) electrons. The molecule has 1 aromatic carbocycles. The Balaban J connectivity index is 0.00000280. The molecule has 1 unspecified atom stereocenters. The normalized spacial score (nSPS) is 14.9. The van der Waals surface area contributed by atoms with E-state index in [1.54, 1.807) is 0 Å². The SMILES string of the molecule is CCCOc1ccc(N2CCN(C(=O)C(CC)c3ccccc3)CC2)nn1.Cl.